The van der Waals surface area contributed by atoms with Crippen molar-refractivity contribution in [3.05, 3.63) is 39.1 Å². The molecule has 2 rings (SSSR count). The number of hydrogen-bond donors (Lipinski definition) is 0. The minimum absolute atomic E-state index is 0.228. The van der Waals surface area contributed by atoms with Crippen molar-refractivity contribution in [1.82, 2.24) is 9.78 Å². The Hall–Kier alpha value is -0.780. The molecule has 0 spiro atoms. The molecule has 15 heavy (non-hydrogen) atoms. The lowest BCUT2D eigenvalue weighted by Gasteiger charge is -2.02. The van der Waals surface area contributed by atoms with Gasteiger partial charge in [-0.25, -0.2) is 4.68 Å². The summed E-state index contributed by atoms with van der Waals surface area (Å²) in [6.07, 6.45) is 1.61. The Morgan fingerprint density at radius 3 is 3.07 bits per heavy atom. The first-order valence-electron chi connectivity index (χ1n) is 4.11. The molecule has 0 atom stereocenters. The quantitative estimate of drug-likeness (QED) is 0.831. The van der Waals surface area contributed by atoms with E-state index in [1.165, 1.54) is 16.4 Å². The fourth-order valence-corrected chi connectivity index (χ4v) is 3.00. The summed E-state index contributed by atoms with van der Waals surface area (Å²) >= 11 is 8.98. The number of rotatable bonds is 2. The van der Waals surface area contributed by atoms with Crippen LogP contribution in [0.15, 0.2) is 37.6 Å². The third-order valence-electron chi connectivity index (χ3n) is 1.75. The van der Waals surface area contributed by atoms with Gasteiger partial charge in [-0.15, -0.1) is 11.3 Å². The standard InChI is InChI=1S/C9H7ClN2OS2/c1-12-9(13)8(10)6(5-11-12)15-7-3-2-4-14-7/h2-5H,1H3. The molecule has 2 aromatic heterocycles. The van der Waals surface area contributed by atoms with Gasteiger partial charge in [-0.3, -0.25) is 4.79 Å². The average Bonchev–Trinajstić information content (AvgIpc) is 2.72. The monoisotopic (exact) mass is 258 g/mol. The third-order valence-corrected chi connectivity index (χ3v) is 4.30. The van der Waals surface area contributed by atoms with Gasteiger partial charge in [-0.05, 0) is 11.4 Å². The van der Waals surface area contributed by atoms with E-state index in [1.54, 1.807) is 24.6 Å². The van der Waals surface area contributed by atoms with E-state index in [2.05, 4.69) is 5.10 Å². The molecule has 0 fully saturated rings. The van der Waals surface area contributed by atoms with E-state index < -0.39 is 0 Å². The Kier molecular flexibility index (Phi) is 3.14. The number of aryl methyl sites for hydroxylation is 1. The molecule has 3 nitrogen and oxygen atoms in total. The molecule has 0 saturated heterocycles. The first kappa shape index (κ1) is 10.7. The number of hydrogen-bond acceptors (Lipinski definition) is 4. The molecule has 78 valence electrons. The second-order valence-corrected chi connectivity index (χ2v) is 5.45. The Labute approximate surface area is 99.7 Å². The fraction of sp³-hybridized carbons (Fsp3) is 0.111. The van der Waals surface area contributed by atoms with Gasteiger partial charge in [0, 0.05) is 7.05 Å². The van der Waals surface area contributed by atoms with E-state index in [0.717, 1.165) is 4.21 Å². The van der Waals surface area contributed by atoms with Crippen LogP contribution in [0.5, 0.6) is 0 Å². The largest absolute Gasteiger partial charge is 0.286 e. The van der Waals surface area contributed by atoms with E-state index in [-0.39, 0.29) is 10.6 Å². The van der Waals surface area contributed by atoms with Crippen LogP contribution >= 0.6 is 34.7 Å². The maximum absolute atomic E-state index is 11.5. The van der Waals surface area contributed by atoms with Gasteiger partial charge in [0.1, 0.15) is 5.02 Å². The molecule has 0 saturated carbocycles. The molecule has 0 aliphatic rings. The number of halogens is 1. The van der Waals surface area contributed by atoms with Crippen LogP contribution in [0.1, 0.15) is 0 Å². The average molecular weight is 259 g/mol. The summed E-state index contributed by atoms with van der Waals surface area (Å²) in [5.74, 6) is 0. The van der Waals surface area contributed by atoms with Crippen molar-refractivity contribution < 1.29 is 0 Å². The van der Waals surface area contributed by atoms with Gasteiger partial charge in [0.05, 0.1) is 15.3 Å². The SMILES string of the molecule is Cn1ncc(Sc2cccs2)c(Cl)c1=O. The van der Waals surface area contributed by atoms with Gasteiger partial charge in [-0.2, -0.15) is 5.10 Å². The smallest absolute Gasteiger partial charge is 0.266 e. The van der Waals surface area contributed by atoms with Crippen molar-refractivity contribution in [1.29, 1.82) is 0 Å². The summed E-state index contributed by atoms with van der Waals surface area (Å²) < 4.78 is 2.31. The van der Waals surface area contributed by atoms with Crippen molar-refractivity contribution >= 4 is 34.7 Å². The van der Waals surface area contributed by atoms with Gasteiger partial charge in [0.25, 0.3) is 5.56 Å². The second-order valence-electron chi connectivity index (χ2n) is 2.79. The molecule has 0 radical (unpaired) electrons. The molecule has 0 bridgehead atoms. The Morgan fingerprint density at radius 2 is 2.40 bits per heavy atom. The summed E-state index contributed by atoms with van der Waals surface area (Å²) in [6.45, 7) is 0. The maximum Gasteiger partial charge on any atom is 0.286 e. The molecule has 0 N–H and O–H groups in total. The summed E-state index contributed by atoms with van der Waals surface area (Å²) in [5, 5.41) is 6.13. The number of thiophene rings is 1. The highest BCUT2D eigenvalue weighted by Gasteiger charge is 2.08. The van der Waals surface area contributed by atoms with Crippen LogP contribution in [0, 0.1) is 0 Å². The van der Waals surface area contributed by atoms with Gasteiger partial charge >= 0.3 is 0 Å². The highest BCUT2D eigenvalue weighted by molar-refractivity contribution is 8.01. The van der Waals surface area contributed by atoms with E-state index in [1.807, 2.05) is 17.5 Å². The van der Waals surface area contributed by atoms with Crippen LogP contribution < -0.4 is 5.56 Å². The Bertz CT molecular complexity index is 521. The van der Waals surface area contributed by atoms with E-state index >= 15 is 0 Å². The van der Waals surface area contributed by atoms with Crippen LogP contribution in [-0.4, -0.2) is 9.78 Å². The highest BCUT2D eigenvalue weighted by atomic mass is 35.5. The number of nitrogens with zero attached hydrogens (tertiary/aromatic N) is 2. The van der Waals surface area contributed by atoms with E-state index in [4.69, 9.17) is 11.6 Å². The second kappa shape index (κ2) is 4.38. The van der Waals surface area contributed by atoms with Crippen molar-refractivity contribution in [3.8, 4) is 0 Å². The molecule has 0 aromatic carbocycles. The van der Waals surface area contributed by atoms with Crippen molar-refractivity contribution in [2.75, 3.05) is 0 Å². The zero-order chi connectivity index (χ0) is 10.8. The van der Waals surface area contributed by atoms with E-state index in [0.29, 0.717) is 4.90 Å². The van der Waals surface area contributed by atoms with E-state index in [9.17, 15) is 4.79 Å². The minimum Gasteiger partial charge on any atom is -0.266 e. The number of aromatic nitrogens is 2. The van der Waals surface area contributed by atoms with Crippen LogP contribution in [0.2, 0.25) is 5.02 Å². The molecule has 2 aromatic rings. The van der Waals surface area contributed by atoms with Gasteiger partial charge in [0.15, 0.2) is 0 Å². The third kappa shape index (κ3) is 2.25. The molecular weight excluding hydrogens is 252 g/mol. The zero-order valence-electron chi connectivity index (χ0n) is 7.81. The predicted octanol–water partition coefficient (Wildman–Crippen LogP) is 2.65. The summed E-state index contributed by atoms with van der Waals surface area (Å²) in [5.41, 5.74) is -0.266. The summed E-state index contributed by atoms with van der Waals surface area (Å²) in [4.78, 5) is 12.2. The zero-order valence-corrected chi connectivity index (χ0v) is 10.2. The lowest BCUT2D eigenvalue weighted by Crippen LogP contribution is -2.19. The van der Waals surface area contributed by atoms with Crippen molar-refractivity contribution in [2.24, 2.45) is 7.05 Å². The normalized spacial score (nSPS) is 10.5. The molecule has 0 aliphatic heterocycles. The first-order chi connectivity index (χ1) is 7.18. The molecule has 0 unspecified atom stereocenters. The fourth-order valence-electron chi connectivity index (χ4n) is 0.997. The topological polar surface area (TPSA) is 34.9 Å². The summed E-state index contributed by atoms with van der Waals surface area (Å²) in [6, 6.07) is 3.93. The Morgan fingerprint density at radius 1 is 1.60 bits per heavy atom. The Balaban J connectivity index is 2.38. The van der Waals surface area contributed by atoms with Gasteiger partial charge < -0.3 is 0 Å². The first-order valence-corrected chi connectivity index (χ1v) is 6.19. The van der Waals surface area contributed by atoms with Crippen molar-refractivity contribution in [2.45, 2.75) is 9.10 Å². The maximum atomic E-state index is 11.5. The minimum atomic E-state index is -0.266. The van der Waals surface area contributed by atoms with Crippen LogP contribution in [0.3, 0.4) is 0 Å². The van der Waals surface area contributed by atoms with Gasteiger partial charge in [-0.1, -0.05) is 29.4 Å². The molecular formula is C9H7ClN2OS2. The van der Waals surface area contributed by atoms with Crippen LogP contribution in [0.25, 0.3) is 0 Å². The molecule has 2 heterocycles. The lowest BCUT2D eigenvalue weighted by atomic mass is 10.6. The lowest BCUT2D eigenvalue weighted by molar-refractivity contribution is 0.696. The van der Waals surface area contributed by atoms with Crippen LogP contribution in [-0.2, 0) is 7.05 Å². The predicted molar refractivity (Wildman–Crippen MR) is 62.9 cm³/mol. The highest BCUT2D eigenvalue weighted by Crippen LogP contribution is 2.33. The van der Waals surface area contributed by atoms with Crippen LogP contribution in [0.4, 0.5) is 0 Å². The molecule has 0 aliphatic carbocycles. The van der Waals surface area contributed by atoms with Gasteiger partial charge in [0.2, 0.25) is 0 Å². The van der Waals surface area contributed by atoms with Crippen molar-refractivity contribution in [3.63, 3.8) is 0 Å². The molecule has 6 heteroatoms. The summed E-state index contributed by atoms with van der Waals surface area (Å²) in [7, 11) is 1.58. The molecule has 0 amide bonds.